The Bertz CT molecular complexity index is 552. The fourth-order valence-corrected chi connectivity index (χ4v) is 4.29. The van der Waals surface area contributed by atoms with Gasteiger partial charge in [0.2, 0.25) is 0 Å². The average molecular weight is 343 g/mol. The molecule has 1 aliphatic heterocycles. The molecule has 6 heteroatoms. The number of rotatable bonds is 3. The Hall–Kier alpha value is -0.840. The van der Waals surface area contributed by atoms with Crippen molar-refractivity contribution in [2.45, 2.75) is 32.1 Å². The summed E-state index contributed by atoms with van der Waals surface area (Å²) < 4.78 is 0. The highest BCUT2D eigenvalue weighted by atomic mass is 35.5. The number of fused-ring (bicyclic) bond motifs is 1. The number of amides is 1. The minimum atomic E-state index is -0.0269. The largest absolute Gasteiger partial charge is 0.327 e. The number of hydrogen-bond acceptors (Lipinski definition) is 2. The molecule has 3 rings (SSSR count). The molecule has 1 unspecified atom stereocenters. The first-order valence-corrected chi connectivity index (χ1v) is 8.82. The number of nitrogens with zero attached hydrogens (tertiary/aromatic N) is 1. The summed E-state index contributed by atoms with van der Waals surface area (Å²) in [5, 5.41) is 3.64. The van der Waals surface area contributed by atoms with Crippen LogP contribution in [0.3, 0.4) is 0 Å². The Morgan fingerprint density at radius 2 is 2.05 bits per heavy atom. The Morgan fingerprint density at radius 1 is 1.27 bits per heavy atom. The van der Waals surface area contributed by atoms with Gasteiger partial charge < -0.3 is 10.2 Å². The SMILES string of the molecule is O=C(C[NH+]1CC[C@@H]2CCCC[C@@H]2C1)Nc1ncc(Cl)cc1Cl. The molecular weight excluding hydrogens is 321 g/mol. The van der Waals surface area contributed by atoms with Crippen LogP contribution in [-0.4, -0.2) is 30.5 Å². The van der Waals surface area contributed by atoms with Crippen LogP contribution in [0.25, 0.3) is 0 Å². The molecule has 0 bridgehead atoms. The zero-order chi connectivity index (χ0) is 15.5. The van der Waals surface area contributed by atoms with E-state index in [9.17, 15) is 4.79 Å². The van der Waals surface area contributed by atoms with Crippen molar-refractivity contribution in [3.8, 4) is 0 Å². The van der Waals surface area contributed by atoms with Crippen LogP contribution in [0.15, 0.2) is 12.3 Å². The number of piperidine rings is 1. The number of likely N-dealkylation sites (tertiary alicyclic amines) is 1. The second-order valence-corrected chi connectivity index (χ2v) is 7.35. The van der Waals surface area contributed by atoms with Crippen molar-refractivity contribution < 1.29 is 9.69 Å². The summed E-state index contributed by atoms with van der Waals surface area (Å²) in [6.07, 6.45) is 8.20. The quantitative estimate of drug-likeness (QED) is 0.886. The number of carbonyl (C=O) groups excluding carboxylic acids is 1. The van der Waals surface area contributed by atoms with Crippen LogP contribution in [0, 0.1) is 11.8 Å². The normalized spacial score (nSPS) is 28.0. The van der Waals surface area contributed by atoms with Gasteiger partial charge in [-0.3, -0.25) is 4.79 Å². The van der Waals surface area contributed by atoms with Crippen LogP contribution in [0.2, 0.25) is 10.0 Å². The van der Waals surface area contributed by atoms with Gasteiger partial charge in [0.1, 0.15) is 0 Å². The van der Waals surface area contributed by atoms with Crippen LogP contribution >= 0.6 is 23.2 Å². The average Bonchev–Trinajstić information content (AvgIpc) is 2.50. The first kappa shape index (κ1) is 16.0. The van der Waals surface area contributed by atoms with Gasteiger partial charge in [0, 0.05) is 12.1 Å². The van der Waals surface area contributed by atoms with E-state index in [0.717, 1.165) is 24.9 Å². The summed E-state index contributed by atoms with van der Waals surface area (Å²) in [7, 11) is 0. The molecule has 1 saturated carbocycles. The van der Waals surface area contributed by atoms with E-state index in [1.165, 1.54) is 43.2 Å². The summed E-state index contributed by atoms with van der Waals surface area (Å²) in [6.45, 7) is 2.71. The Labute approximate surface area is 141 Å². The highest BCUT2D eigenvalue weighted by Gasteiger charge is 2.34. The van der Waals surface area contributed by atoms with Crippen molar-refractivity contribution in [2.75, 3.05) is 25.0 Å². The molecule has 1 saturated heterocycles. The maximum Gasteiger partial charge on any atom is 0.280 e. The number of halogens is 2. The van der Waals surface area contributed by atoms with Gasteiger partial charge >= 0.3 is 0 Å². The summed E-state index contributed by atoms with van der Waals surface area (Å²) in [4.78, 5) is 17.7. The molecule has 2 N–H and O–H groups in total. The van der Waals surface area contributed by atoms with E-state index < -0.39 is 0 Å². The fourth-order valence-electron chi connectivity index (χ4n) is 3.87. The van der Waals surface area contributed by atoms with Gasteiger partial charge in [0.15, 0.2) is 12.4 Å². The molecule has 2 aliphatic rings. The number of hydrogen-bond donors (Lipinski definition) is 2. The molecule has 1 aromatic heterocycles. The van der Waals surface area contributed by atoms with Crippen molar-refractivity contribution in [3.63, 3.8) is 0 Å². The van der Waals surface area contributed by atoms with Gasteiger partial charge in [-0.15, -0.1) is 0 Å². The van der Waals surface area contributed by atoms with Gasteiger partial charge in [-0.1, -0.05) is 36.0 Å². The lowest BCUT2D eigenvalue weighted by molar-refractivity contribution is -0.902. The van der Waals surface area contributed by atoms with Crippen LogP contribution in [0.5, 0.6) is 0 Å². The summed E-state index contributed by atoms with van der Waals surface area (Å²) in [5.74, 6) is 2.07. The number of anilines is 1. The lowest BCUT2D eigenvalue weighted by atomic mass is 9.75. The second kappa shape index (κ2) is 7.16. The molecule has 0 radical (unpaired) electrons. The molecule has 22 heavy (non-hydrogen) atoms. The molecule has 0 spiro atoms. The lowest BCUT2D eigenvalue weighted by Crippen LogP contribution is -3.15. The van der Waals surface area contributed by atoms with E-state index in [1.807, 2.05) is 0 Å². The number of quaternary nitrogens is 1. The predicted octanol–water partition coefficient (Wildman–Crippen LogP) is 2.42. The van der Waals surface area contributed by atoms with E-state index in [0.29, 0.717) is 22.4 Å². The smallest absolute Gasteiger partial charge is 0.280 e. The van der Waals surface area contributed by atoms with Gasteiger partial charge in [0.05, 0.1) is 23.1 Å². The third kappa shape index (κ3) is 3.92. The van der Waals surface area contributed by atoms with E-state index >= 15 is 0 Å². The molecule has 4 nitrogen and oxygen atoms in total. The molecular formula is C16H22Cl2N3O+. The van der Waals surface area contributed by atoms with E-state index in [-0.39, 0.29) is 5.91 Å². The molecule has 3 atom stereocenters. The third-order valence-corrected chi connectivity index (χ3v) is 5.46. The number of pyridine rings is 1. The molecule has 120 valence electrons. The molecule has 1 aromatic rings. The molecule has 2 heterocycles. The zero-order valence-electron chi connectivity index (χ0n) is 12.6. The van der Waals surface area contributed by atoms with Crippen molar-refractivity contribution in [2.24, 2.45) is 11.8 Å². The Balaban J connectivity index is 1.53. The maximum atomic E-state index is 12.2. The monoisotopic (exact) mass is 342 g/mol. The minimum Gasteiger partial charge on any atom is -0.327 e. The second-order valence-electron chi connectivity index (χ2n) is 6.51. The van der Waals surface area contributed by atoms with Crippen molar-refractivity contribution in [3.05, 3.63) is 22.3 Å². The van der Waals surface area contributed by atoms with Gasteiger partial charge in [-0.2, -0.15) is 0 Å². The molecule has 1 aliphatic carbocycles. The van der Waals surface area contributed by atoms with Crippen molar-refractivity contribution >= 4 is 34.9 Å². The lowest BCUT2D eigenvalue weighted by Gasteiger charge is -2.38. The van der Waals surface area contributed by atoms with Gasteiger partial charge in [0.25, 0.3) is 5.91 Å². The topological polar surface area (TPSA) is 46.4 Å². The van der Waals surface area contributed by atoms with Crippen molar-refractivity contribution in [1.82, 2.24) is 4.98 Å². The Kier molecular flexibility index (Phi) is 5.21. The summed E-state index contributed by atoms with van der Waals surface area (Å²) in [5.41, 5.74) is 0. The number of aromatic nitrogens is 1. The molecule has 0 aromatic carbocycles. The van der Waals surface area contributed by atoms with Gasteiger partial charge in [-0.05, 0) is 31.2 Å². The first-order chi connectivity index (χ1) is 10.6. The van der Waals surface area contributed by atoms with Crippen LogP contribution in [0.1, 0.15) is 32.1 Å². The Morgan fingerprint density at radius 3 is 2.82 bits per heavy atom. The maximum absolute atomic E-state index is 12.2. The third-order valence-electron chi connectivity index (χ3n) is 4.96. The minimum absolute atomic E-state index is 0.0269. The zero-order valence-corrected chi connectivity index (χ0v) is 14.1. The van der Waals surface area contributed by atoms with E-state index in [1.54, 1.807) is 6.07 Å². The van der Waals surface area contributed by atoms with Crippen molar-refractivity contribution in [1.29, 1.82) is 0 Å². The molecule has 2 fully saturated rings. The number of nitrogens with one attached hydrogen (secondary N) is 2. The van der Waals surface area contributed by atoms with E-state index in [2.05, 4.69) is 10.3 Å². The standard InChI is InChI=1S/C16H21Cl2N3O/c17-13-7-14(18)16(19-8-13)20-15(22)10-21-6-5-11-3-1-2-4-12(11)9-21/h7-8,11-12H,1-6,9-10H2,(H,19,20,22)/p+1/t11-,12+/m0/s1. The highest BCUT2D eigenvalue weighted by molar-refractivity contribution is 6.36. The van der Waals surface area contributed by atoms with Crippen LogP contribution in [0.4, 0.5) is 5.82 Å². The number of carbonyl (C=O) groups is 1. The predicted molar refractivity (Wildman–Crippen MR) is 88.5 cm³/mol. The molecule has 1 amide bonds. The van der Waals surface area contributed by atoms with Crippen LogP contribution in [-0.2, 0) is 4.79 Å². The first-order valence-electron chi connectivity index (χ1n) is 8.06. The highest BCUT2D eigenvalue weighted by Crippen LogP contribution is 2.32. The summed E-state index contributed by atoms with van der Waals surface area (Å²) >= 11 is 11.8. The van der Waals surface area contributed by atoms with Crippen LogP contribution < -0.4 is 10.2 Å². The summed E-state index contributed by atoms with van der Waals surface area (Å²) in [6, 6.07) is 1.59. The van der Waals surface area contributed by atoms with Gasteiger partial charge in [-0.25, -0.2) is 4.98 Å². The van der Waals surface area contributed by atoms with E-state index in [4.69, 9.17) is 23.2 Å². The fraction of sp³-hybridized carbons (Fsp3) is 0.625.